The molecule has 2 rings (SSSR count). The van der Waals surface area contributed by atoms with Gasteiger partial charge in [-0.25, -0.2) is 0 Å². The number of hydrogen-bond donors (Lipinski definition) is 0. The zero-order chi connectivity index (χ0) is 11.9. The van der Waals surface area contributed by atoms with Crippen LogP contribution in [0.5, 0.6) is 0 Å². The van der Waals surface area contributed by atoms with E-state index < -0.39 is 0 Å². The molecule has 0 unspecified atom stereocenters. The number of aryl methyl sites for hydroxylation is 1. The van der Waals surface area contributed by atoms with Crippen LogP contribution in [0.4, 0.5) is 0 Å². The fourth-order valence-electron chi connectivity index (χ4n) is 2.23. The molecule has 17 heavy (non-hydrogen) atoms. The third-order valence-electron chi connectivity index (χ3n) is 3.19. The van der Waals surface area contributed by atoms with Gasteiger partial charge >= 0.3 is 0 Å². The summed E-state index contributed by atoms with van der Waals surface area (Å²) in [5.41, 5.74) is 3.93. The molecular formula is C17H20. The fraction of sp³-hybridized carbons (Fsp3) is 0.412. The van der Waals surface area contributed by atoms with Crippen molar-refractivity contribution >= 4 is 0 Å². The minimum atomic E-state index is 1.13. The molecule has 0 bridgehead atoms. The first-order valence-corrected chi connectivity index (χ1v) is 6.69. The molecule has 0 spiro atoms. The molecule has 0 N–H and O–H groups in total. The average molecular weight is 224 g/mol. The van der Waals surface area contributed by atoms with Crippen molar-refractivity contribution in [2.45, 2.75) is 45.4 Å². The van der Waals surface area contributed by atoms with Gasteiger partial charge in [-0.3, -0.25) is 0 Å². The monoisotopic (exact) mass is 224 g/mol. The summed E-state index contributed by atoms with van der Waals surface area (Å²) >= 11 is 0. The summed E-state index contributed by atoms with van der Waals surface area (Å²) in [6, 6.07) is 8.53. The summed E-state index contributed by atoms with van der Waals surface area (Å²) in [5.74, 6) is 6.70. The van der Waals surface area contributed by atoms with Gasteiger partial charge in [0.15, 0.2) is 0 Å². The van der Waals surface area contributed by atoms with Crippen molar-refractivity contribution in [2.24, 2.45) is 0 Å². The van der Waals surface area contributed by atoms with Crippen LogP contribution in [-0.2, 0) is 6.42 Å². The quantitative estimate of drug-likeness (QED) is 0.649. The fourth-order valence-corrected chi connectivity index (χ4v) is 2.23. The minimum absolute atomic E-state index is 1.13. The van der Waals surface area contributed by atoms with Gasteiger partial charge in [-0.05, 0) is 49.3 Å². The number of hydrogen-bond acceptors (Lipinski definition) is 0. The Balaban J connectivity index is 2.17. The van der Waals surface area contributed by atoms with E-state index in [1.54, 1.807) is 0 Å². The standard InChI is InChI=1S/C17H20/c1-2-8-16-11-6-7-12-17(16)14-13-15-9-4-3-5-10-15/h6-7,9,11-12H,2-5,8,10H2,1H3. The molecule has 1 aliphatic rings. The van der Waals surface area contributed by atoms with E-state index in [0.717, 1.165) is 6.42 Å². The van der Waals surface area contributed by atoms with Gasteiger partial charge in [-0.2, -0.15) is 0 Å². The van der Waals surface area contributed by atoms with Crippen LogP contribution in [0.3, 0.4) is 0 Å². The first kappa shape index (κ1) is 12.0. The Hall–Kier alpha value is -1.48. The highest BCUT2D eigenvalue weighted by Crippen LogP contribution is 2.17. The summed E-state index contributed by atoms with van der Waals surface area (Å²) in [6.07, 6.45) is 9.63. The summed E-state index contributed by atoms with van der Waals surface area (Å²) in [6.45, 7) is 2.22. The lowest BCUT2D eigenvalue weighted by Gasteiger charge is -2.06. The molecule has 88 valence electrons. The maximum absolute atomic E-state index is 3.35. The molecule has 1 aromatic carbocycles. The van der Waals surface area contributed by atoms with Gasteiger partial charge < -0.3 is 0 Å². The zero-order valence-electron chi connectivity index (χ0n) is 10.6. The molecule has 0 fully saturated rings. The number of allylic oxidation sites excluding steroid dienone is 2. The lowest BCUT2D eigenvalue weighted by atomic mass is 9.99. The second-order valence-electron chi connectivity index (χ2n) is 4.63. The molecule has 0 heteroatoms. The third-order valence-corrected chi connectivity index (χ3v) is 3.19. The van der Waals surface area contributed by atoms with Crippen LogP contribution in [0.15, 0.2) is 35.9 Å². The van der Waals surface area contributed by atoms with Gasteiger partial charge in [-0.15, -0.1) is 0 Å². The van der Waals surface area contributed by atoms with Gasteiger partial charge in [0.25, 0.3) is 0 Å². The van der Waals surface area contributed by atoms with Crippen LogP contribution in [0.25, 0.3) is 0 Å². The Morgan fingerprint density at radius 2 is 2.00 bits per heavy atom. The van der Waals surface area contributed by atoms with E-state index in [-0.39, 0.29) is 0 Å². The summed E-state index contributed by atoms with van der Waals surface area (Å²) in [7, 11) is 0. The van der Waals surface area contributed by atoms with Crippen molar-refractivity contribution in [3.63, 3.8) is 0 Å². The molecule has 0 aromatic heterocycles. The Morgan fingerprint density at radius 3 is 2.76 bits per heavy atom. The van der Waals surface area contributed by atoms with Crippen LogP contribution in [-0.4, -0.2) is 0 Å². The van der Waals surface area contributed by atoms with Crippen molar-refractivity contribution in [1.29, 1.82) is 0 Å². The van der Waals surface area contributed by atoms with Crippen molar-refractivity contribution < 1.29 is 0 Å². The molecule has 0 atom stereocenters. The van der Waals surface area contributed by atoms with Crippen LogP contribution >= 0.6 is 0 Å². The van der Waals surface area contributed by atoms with E-state index in [1.165, 1.54) is 48.8 Å². The maximum atomic E-state index is 3.35. The van der Waals surface area contributed by atoms with Crippen molar-refractivity contribution in [3.05, 3.63) is 47.0 Å². The van der Waals surface area contributed by atoms with Crippen molar-refractivity contribution in [2.75, 3.05) is 0 Å². The molecule has 0 nitrogen and oxygen atoms in total. The molecule has 0 aliphatic heterocycles. The highest BCUT2D eigenvalue weighted by molar-refractivity contribution is 5.45. The zero-order valence-corrected chi connectivity index (χ0v) is 10.6. The van der Waals surface area contributed by atoms with E-state index in [2.05, 4.69) is 49.1 Å². The molecule has 0 saturated carbocycles. The second kappa shape index (κ2) is 6.30. The predicted molar refractivity (Wildman–Crippen MR) is 73.9 cm³/mol. The number of rotatable bonds is 2. The summed E-state index contributed by atoms with van der Waals surface area (Å²) in [5, 5.41) is 0. The lowest BCUT2D eigenvalue weighted by Crippen LogP contribution is -1.91. The van der Waals surface area contributed by atoms with Gasteiger partial charge in [0.1, 0.15) is 0 Å². The van der Waals surface area contributed by atoms with E-state index in [1.807, 2.05) is 0 Å². The van der Waals surface area contributed by atoms with E-state index >= 15 is 0 Å². The van der Waals surface area contributed by atoms with Gasteiger partial charge in [0.2, 0.25) is 0 Å². The molecule has 0 heterocycles. The van der Waals surface area contributed by atoms with Gasteiger partial charge in [0, 0.05) is 5.56 Å². The van der Waals surface area contributed by atoms with Crippen LogP contribution in [0.1, 0.15) is 50.2 Å². The van der Waals surface area contributed by atoms with Crippen LogP contribution in [0, 0.1) is 11.8 Å². The van der Waals surface area contributed by atoms with E-state index in [4.69, 9.17) is 0 Å². The second-order valence-corrected chi connectivity index (χ2v) is 4.63. The van der Waals surface area contributed by atoms with Crippen molar-refractivity contribution in [1.82, 2.24) is 0 Å². The Bertz CT molecular complexity index is 454. The van der Waals surface area contributed by atoms with E-state index in [9.17, 15) is 0 Å². The SMILES string of the molecule is CCCc1ccccc1C#CC1=CCCCC1. The Labute approximate surface area is 105 Å². The van der Waals surface area contributed by atoms with Crippen LogP contribution in [0.2, 0.25) is 0 Å². The van der Waals surface area contributed by atoms with Gasteiger partial charge in [-0.1, -0.05) is 49.5 Å². The molecule has 0 radical (unpaired) electrons. The highest BCUT2D eigenvalue weighted by Gasteiger charge is 2.00. The van der Waals surface area contributed by atoms with E-state index in [0.29, 0.717) is 0 Å². The maximum Gasteiger partial charge on any atom is 0.0280 e. The number of benzene rings is 1. The minimum Gasteiger partial charge on any atom is -0.0729 e. The normalized spacial score (nSPS) is 14.8. The molecule has 1 aliphatic carbocycles. The molecular weight excluding hydrogens is 204 g/mol. The average Bonchev–Trinajstić information content (AvgIpc) is 2.39. The first-order chi connectivity index (χ1) is 8.40. The highest BCUT2D eigenvalue weighted by atomic mass is 14.0. The summed E-state index contributed by atoms with van der Waals surface area (Å²) < 4.78 is 0. The molecule has 0 amide bonds. The summed E-state index contributed by atoms with van der Waals surface area (Å²) in [4.78, 5) is 0. The smallest absolute Gasteiger partial charge is 0.0280 e. The largest absolute Gasteiger partial charge is 0.0729 e. The Morgan fingerprint density at radius 1 is 1.12 bits per heavy atom. The molecule has 0 saturated heterocycles. The Kier molecular flexibility index (Phi) is 4.45. The van der Waals surface area contributed by atoms with Crippen LogP contribution < -0.4 is 0 Å². The van der Waals surface area contributed by atoms with Gasteiger partial charge in [0.05, 0.1) is 0 Å². The topological polar surface area (TPSA) is 0 Å². The predicted octanol–water partition coefficient (Wildman–Crippen LogP) is 4.49. The molecule has 1 aromatic rings. The third kappa shape index (κ3) is 3.49. The van der Waals surface area contributed by atoms with Crippen molar-refractivity contribution in [3.8, 4) is 11.8 Å². The first-order valence-electron chi connectivity index (χ1n) is 6.69. The lowest BCUT2D eigenvalue weighted by molar-refractivity contribution is 0.715.